The predicted molar refractivity (Wildman–Crippen MR) is 68.3 cm³/mol. The lowest BCUT2D eigenvalue weighted by atomic mass is 10.0. The minimum atomic E-state index is -0.280. The van der Waals surface area contributed by atoms with Crippen molar-refractivity contribution in [3.05, 3.63) is 63.6 Å². The topological polar surface area (TPSA) is 26.3 Å². The van der Waals surface area contributed by atoms with Crippen molar-refractivity contribution in [3.8, 4) is 5.75 Å². The van der Waals surface area contributed by atoms with Gasteiger partial charge >= 0.3 is 5.97 Å². The molecule has 2 aromatic carbocycles. The maximum atomic E-state index is 11.9. The molecule has 0 unspecified atom stereocenters. The maximum Gasteiger partial charge on any atom is 0.343 e. The number of halogens is 1. The van der Waals surface area contributed by atoms with E-state index in [0.717, 1.165) is 22.0 Å². The molecule has 2 nitrogen and oxygen atoms in total. The average Bonchev–Trinajstić information content (AvgIpc) is 2.44. The van der Waals surface area contributed by atoms with Crippen LogP contribution in [0, 0.1) is 0 Å². The Hall–Kier alpha value is -1.61. The maximum absolute atomic E-state index is 11.9. The fourth-order valence-electron chi connectivity index (χ4n) is 2.02. The Bertz CT molecular complexity index is 605. The minimum Gasteiger partial charge on any atom is -0.423 e. The van der Waals surface area contributed by atoms with Crippen molar-refractivity contribution in [2.24, 2.45) is 0 Å². The zero-order valence-electron chi connectivity index (χ0n) is 8.94. The highest BCUT2D eigenvalue weighted by atomic mass is 79.9. The van der Waals surface area contributed by atoms with Gasteiger partial charge in [-0.05, 0) is 35.4 Å². The molecule has 17 heavy (non-hydrogen) atoms. The first-order valence-corrected chi connectivity index (χ1v) is 6.12. The Labute approximate surface area is 107 Å². The van der Waals surface area contributed by atoms with Gasteiger partial charge in [0.2, 0.25) is 0 Å². The van der Waals surface area contributed by atoms with Gasteiger partial charge in [-0.3, -0.25) is 0 Å². The van der Waals surface area contributed by atoms with Gasteiger partial charge in [-0.2, -0.15) is 0 Å². The van der Waals surface area contributed by atoms with Crippen molar-refractivity contribution >= 4 is 21.9 Å². The van der Waals surface area contributed by atoms with Crippen LogP contribution < -0.4 is 4.74 Å². The summed E-state index contributed by atoms with van der Waals surface area (Å²) >= 11 is 3.42. The highest BCUT2D eigenvalue weighted by Crippen LogP contribution is 2.29. The number of esters is 1. The third-order valence-electron chi connectivity index (χ3n) is 2.84. The van der Waals surface area contributed by atoms with Crippen LogP contribution in [0.25, 0.3) is 0 Å². The number of para-hydroxylation sites is 1. The molecule has 0 aliphatic carbocycles. The molecule has 0 saturated carbocycles. The lowest BCUT2D eigenvalue weighted by Crippen LogP contribution is -2.08. The van der Waals surface area contributed by atoms with Gasteiger partial charge in [0, 0.05) is 10.9 Å². The number of ether oxygens (including phenoxy) is 1. The second-order valence-corrected chi connectivity index (χ2v) is 4.89. The van der Waals surface area contributed by atoms with E-state index in [0.29, 0.717) is 11.3 Å². The number of hydrogen-bond acceptors (Lipinski definition) is 2. The molecule has 1 aliphatic heterocycles. The van der Waals surface area contributed by atoms with E-state index in [1.807, 2.05) is 36.4 Å². The molecule has 0 aromatic heterocycles. The zero-order chi connectivity index (χ0) is 11.8. The summed E-state index contributed by atoms with van der Waals surface area (Å²) in [5.74, 6) is 0.377. The second-order valence-electron chi connectivity index (χ2n) is 3.98. The quantitative estimate of drug-likeness (QED) is 0.547. The SMILES string of the molecule is O=C1Oc2ccccc2Cc2cc(Br)ccc21. The van der Waals surface area contributed by atoms with Crippen LogP contribution >= 0.6 is 15.9 Å². The lowest BCUT2D eigenvalue weighted by molar-refractivity contribution is 0.0736. The number of carbonyl (C=O) groups excluding carboxylic acids is 1. The van der Waals surface area contributed by atoms with Crippen LogP contribution in [0.1, 0.15) is 21.5 Å². The van der Waals surface area contributed by atoms with Gasteiger partial charge in [-0.15, -0.1) is 0 Å². The summed E-state index contributed by atoms with van der Waals surface area (Å²) in [6.07, 6.45) is 0.719. The molecule has 0 radical (unpaired) electrons. The number of rotatable bonds is 0. The van der Waals surface area contributed by atoms with E-state index in [4.69, 9.17) is 4.74 Å². The van der Waals surface area contributed by atoms with Crippen LogP contribution in [-0.2, 0) is 6.42 Å². The first-order valence-electron chi connectivity index (χ1n) is 5.32. The molecule has 0 N–H and O–H groups in total. The van der Waals surface area contributed by atoms with Crippen LogP contribution in [0.5, 0.6) is 5.75 Å². The van der Waals surface area contributed by atoms with E-state index in [9.17, 15) is 4.79 Å². The van der Waals surface area contributed by atoms with Crippen LogP contribution in [0.4, 0.5) is 0 Å². The normalized spacial score (nSPS) is 13.4. The molecule has 1 aliphatic rings. The Kier molecular flexibility index (Phi) is 2.48. The van der Waals surface area contributed by atoms with Gasteiger partial charge in [0.1, 0.15) is 5.75 Å². The van der Waals surface area contributed by atoms with Gasteiger partial charge in [0.25, 0.3) is 0 Å². The Balaban J connectivity index is 2.18. The van der Waals surface area contributed by atoms with Crippen LogP contribution in [0.2, 0.25) is 0 Å². The van der Waals surface area contributed by atoms with Crippen molar-refractivity contribution in [3.63, 3.8) is 0 Å². The van der Waals surface area contributed by atoms with E-state index in [1.54, 1.807) is 6.07 Å². The van der Waals surface area contributed by atoms with Gasteiger partial charge < -0.3 is 4.74 Å². The van der Waals surface area contributed by atoms with E-state index in [-0.39, 0.29) is 5.97 Å². The molecule has 2 aromatic rings. The average molecular weight is 289 g/mol. The molecule has 0 amide bonds. The predicted octanol–water partition coefficient (Wildman–Crippen LogP) is 3.57. The summed E-state index contributed by atoms with van der Waals surface area (Å²) in [7, 11) is 0. The lowest BCUT2D eigenvalue weighted by Gasteiger charge is -2.03. The van der Waals surface area contributed by atoms with Crippen LogP contribution in [-0.4, -0.2) is 5.97 Å². The highest BCUT2D eigenvalue weighted by molar-refractivity contribution is 9.10. The second kappa shape index (κ2) is 4.00. The number of carbonyl (C=O) groups is 1. The van der Waals surface area contributed by atoms with Gasteiger partial charge in [-0.25, -0.2) is 4.79 Å². The molecule has 0 spiro atoms. The molecule has 84 valence electrons. The summed E-state index contributed by atoms with van der Waals surface area (Å²) in [6, 6.07) is 13.3. The Morgan fingerprint density at radius 3 is 2.76 bits per heavy atom. The van der Waals surface area contributed by atoms with Crippen molar-refractivity contribution < 1.29 is 9.53 Å². The molecule has 0 atom stereocenters. The monoisotopic (exact) mass is 288 g/mol. The summed E-state index contributed by atoms with van der Waals surface area (Å²) < 4.78 is 6.34. The molecular formula is C14H9BrO2. The third-order valence-corrected chi connectivity index (χ3v) is 3.34. The first-order chi connectivity index (χ1) is 8.24. The number of hydrogen-bond donors (Lipinski definition) is 0. The molecule has 1 heterocycles. The molecule has 0 bridgehead atoms. The van der Waals surface area contributed by atoms with Gasteiger partial charge in [0.05, 0.1) is 5.56 Å². The molecule has 0 saturated heterocycles. The fraction of sp³-hybridized carbons (Fsp3) is 0.0714. The first kappa shape index (κ1) is 10.5. The van der Waals surface area contributed by atoms with Crippen molar-refractivity contribution in [1.82, 2.24) is 0 Å². The van der Waals surface area contributed by atoms with E-state index in [1.165, 1.54) is 0 Å². The van der Waals surface area contributed by atoms with E-state index in [2.05, 4.69) is 15.9 Å². The van der Waals surface area contributed by atoms with Crippen LogP contribution in [0.15, 0.2) is 46.9 Å². The summed E-state index contributed by atoms with van der Waals surface area (Å²) in [4.78, 5) is 11.9. The molecular weight excluding hydrogens is 280 g/mol. The number of fused-ring (bicyclic) bond motifs is 2. The molecule has 0 fully saturated rings. The zero-order valence-corrected chi connectivity index (χ0v) is 10.5. The summed E-state index contributed by atoms with van der Waals surface area (Å²) in [5, 5.41) is 0. The summed E-state index contributed by atoms with van der Waals surface area (Å²) in [5.41, 5.74) is 2.68. The molecule has 3 rings (SSSR count). The number of benzene rings is 2. The fourth-order valence-corrected chi connectivity index (χ4v) is 2.43. The highest BCUT2D eigenvalue weighted by Gasteiger charge is 2.20. The summed E-state index contributed by atoms with van der Waals surface area (Å²) in [6.45, 7) is 0. The van der Waals surface area contributed by atoms with Gasteiger partial charge in [0.15, 0.2) is 0 Å². The van der Waals surface area contributed by atoms with Crippen molar-refractivity contribution in [2.75, 3.05) is 0 Å². The minimum absolute atomic E-state index is 0.280. The third kappa shape index (κ3) is 1.87. The Morgan fingerprint density at radius 1 is 1.06 bits per heavy atom. The van der Waals surface area contributed by atoms with Crippen LogP contribution in [0.3, 0.4) is 0 Å². The smallest absolute Gasteiger partial charge is 0.343 e. The van der Waals surface area contributed by atoms with E-state index >= 15 is 0 Å². The Morgan fingerprint density at radius 2 is 1.88 bits per heavy atom. The van der Waals surface area contributed by atoms with Crippen molar-refractivity contribution in [2.45, 2.75) is 6.42 Å². The van der Waals surface area contributed by atoms with E-state index < -0.39 is 0 Å². The standard InChI is InChI=1S/C14H9BrO2/c15-11-5-6-12-10(8-11)7-9-3-1-2-4-13(9)17-14(12)16/h1-6,8H,7H2. The molecule has 3 heteroatoms. The van der Waals surface area contributed by atoms with Gasteiger partial charge in [-0.1, -0.05) is 34.1 Å². The van der Waals surface area contributed by atoms with Crippen molar-refractivity contribution in [1.29, 1.82) is 0 Å². The largest absolute Gasteiger partial charge is 0.423 e.